The number of ketones is 1. The lowest BCUT2D eigenvalue weighted by Gasteiger charge is -2.18. The summed E-state index contributed by atoms with van der Waals surface area (Å²) in [6, 6.07) is 21.6. The molecule has 0 fully saturated rings. The molecule has 0 unspecified atom stereocenters. The van der Waals surface area contributed by atoms with E-state index in [0.29, 0.717) is 0 Å². The van der Waals surface area contributed by atoms with Crippen molar-refractivity contribution in [1.82, 2.24) is 0 Å². The Morgan fingerprint density at radius 2 is 1.35 bits per heavy atom. The second kappa shape index (κ2) is 6.75. The van der Waals surface area contributed by atoms with E-state index in [1.165, 1.54) is 12.3 Å². The maximum atomic E-state index is 12.2. The Balaban J connectivity index is 1.88. The van der Waals surface area contributed by atoms with Gasteiger partial charge in [0.25, 0.3) is 0 Å². The fraction of sp³-hybridized carbons (Fsp3) is 0.0526. The van der Waals surface area contributed by atoms with Crippen LogP contribution in [0.5, 0.6) is 0 Å². The molecule has 4 heteroatoms. The van der Waals surface area contributed by atoms with E-state index in [2.05, 4.69) is 0 Å². The Kier molecular flexibility index (Phi) is 4.34. The van der Waals surface area contributed by atoms with Gasteiger partial charge in [0.15, 0.2) is 11.9 Å². The Morgan fingerprint density at radius 3 is 1.83 bits per heavy atom. The third-order valence-corrected chi connectivity index (χ3v) is 3.36. The molecular formula is C19H14O4. The quantitative estimate of drug-likeness (QED) is 0.409. The molecule has 2 aromatic carbocycles. The third kappa shape index (κ3) is 3.37. The maximum Gasteiger partial charge on any atom is 0.384 e. The van der Waals surface area contributed by atoms with E-state index in [-0.39, 0.29) is 5.76 Å². The first kappa shape index (κ1) is 14.8. The molecule has 1 heterocycles. The number of benzene rings is 2. The van der Waals surface area contributed by atoms with Gasteiger partial charge in [0.1, 0.15) is 0 Å². The average Bonchev–Trinajstić information content (AvgIpc) is 3.15. The van der Waals surface area contributed by atoms with Crippen LogP contribution in [-0.2, 0) is 9.53 Å². The zero-order valence-electron chi connectivity index (χ0n) is 12.2. The summed E-state index contributed by atoms with van der Waals surface area (Å²) in [6.45, 7) is 0. The predicted molar refractivity (Wildman–Crippen MR) is 83.9 cm³/mol. The Bertz CT molecular complexity index is 737. The van der Waals surface area contributed by atoms with E-state index in [1.54, 1.807) is 6.07 Å². The van der Waals surface area contributed by atoms with Gasteiger partial charge in [0.05, 0.1) is 6.26 Å². The van der Waals surface area contributed by atoms with Crippen molar-refractivity contribution in [2.75, 3.05) is 0 Å². The van der Waals surface area contributed by atoms with Crippen LogP contribution in [-0.4, -0.2) is 11.8 Å². The van der Waals surface area contributed by atoms with Crippen LogP contribution in [0.2, 0.25) is 0 Å². The number of furan rings is 1. The second-order valence-corrected chi connectivity index (χ2v) is 4.91. The van der Waals surface area contributed by atoms with Crippen LogP contribution >= 0.6 is 0 Å². The Morgan fingerprint density at radius 1 is 0.783 bits per heavy atom. The lowest BCUT2D eigenvalue weighted by Crippen LogP contribution is -2.20. The lowest BCUT2D eigenvalue weighted by molar-refractivity contribution is -0.141. The Hall–Kier alpha value is -3.14. The number of carbonyl (C=O) groups excluding carboxylic acids is 2. The standard InChI is InChI=1S/C19H14O4/c20-17(16-12-7-13-22-16)19(21)23-18(14-8-3-1-4-9-14)15-10-5-2-6-11-15/h1-13,18H. The number of rotatable bonds is 5. The van der Waals surface area contributed by atoms with Crippen LogP contribution in [0.25, 0.3) is 0 Å². The minimum Gasteiger partial charge on any atom is -0.461 e. The molecule has 3 aromatic rings. The number of carbonyl (C=O) groups is 2. The number of esters is 1. The summed E-state index contributed by atoms with van der Waals surface area (Å²) in [4.78, 5) is 24.2. The summed E-state index contributed by atoms with van der Waals surface area (Å²) < 4.78 is 10.4. The molecule has 0 aliphatic rings. The van der Waals surface area contributed by atoms with Crippen molar-refractivity contribution in [3.05, 3.63) is 95.9 Å². The van der Waals surface area contributed by atoms with Gasteiger partial charge in [0, 0.05) is 0 Å². The van der Waals surface area contributed by atoms with Crippen molar-refractivity contribution in [2.24, 2.45) is 0 Å². The van der Waals surface area contributed by atoms with E-state index >= 15 is 0 Å². The van der Waals surface area contributed by atoms with Crippen LogP contribution in [0.15, 0.2) is 83.5 Å². The van der Waals surface area contributed by atoms with Gasteiger partial charge in [-0.2, -0.15) is 0 Å². The van der Waals surface area contributed by atoms with Crippen molar-refractivity contribution in [3.63, 3.8) is 0 Å². The summed E-state index contributed by atoms with van der Waals surface area (Å²) in [6.07, 6.45) is 0.690. The highest BCUT2D eigenvalue weighted by Crippen LogP contribution is 2.26. The zero-order valence-corrected chi connectivity index (χ0v) is 12.2. The van der Waals surface area contributed by atoms with Crippen LogP contribution in [0.4, 0.5) is 0 Å². The van der Waals surface area contributed by atoms with Gasteiger partial charge in [-0.3, -0.25) is 4.79 Å². The van der Waals surface area contributed by atoms with Gasteiger partial charge in [-0.25, -0.2) is 4.79 Å². The van der Waals surface area contributed by atoms with E-state index in [1.807, 2.05) is 60.7 Å². The molecule has 3 rings (SSSR count). The summed E-state index contributed by atoms with van der Waals surface area (Å²) in [5.41, 5.74) is 1.58. The van der Waals surface area contributed by atoms with Crippen LogP contribution in [0, 0.1) is 0 Å². The van der Waals surface area contributed by atoms with E-state index < -0.39 is 17.9 Å². The highest BCUT2D eigenvalue weighted by molar-refractivity contribution is 6.39. The number of Topliss-reactive ketones (excluding diaryl/α,β-unsaturated/α-hetero) is 1. The van der Waals surface area contributed by atoms with Crippen LogP contribution < -0.4 is 0 Å². The first-order valence-corrected chi connectivity index (χ1v) is 7.14. The summed E-state index contributed by atoms with van der Waals surface area (Å²) in [7, 11) is 0. The van der Waals surface area contributed by atoms with Gasteiger partial charge < -0.3 is 9.15 Å². The molecule has 0 radical (unpaired) electrons. The van der Waals surface area contributed by atoms with Crippen LogP contribution in [0.1, 0.15) is 27.8 Å². The monoisotopic (exact) mass is 306 g/mol. The molecule has 0 amide bonds. The first-order chi connectivity index (χ1) is 11.3. The molecular weight excluding hydrogens is 292 g/mol. The smallest absolute Gasteiger partial charge is 0.384 e. The number of ether oxygens (including phenoxy) is 1. The SMILES string of the molecule is O=C(OC(c1ccccc1)c1ccccc1)C(=O)c1ccco1. The first-order valence-electron chi connectivity index (χ1n) is 7.14. The Labute approximate surface area is 133 Å². The van der Waals surface area contributed by atoms with Gasteiger partial charge in [-0.1, -0.05) is 60.7 Å². The largest absolute Gasteiger partial charge is 0.461 e. The molecule has 0 saturated heterocycles. The van der Waals surface area contributed by atoms with Gasteiger partial charge in [-0.15, -0.1) is 0 Å². The summed E-state index contributed by atoms with van der Waals surface area (Å²) in [5, 5.41) is 0. The van der Waals surface area contributed by atoms with Crippen molar-refractivity contribution < 1.29 is 18.7 Å². The lowest BCUT2D eigenvalue weighted by atomic mass is 10.0. The molecule has 0 atom stereocenters. The highest BCUT2D eigenvalue weighted by Gasteiger charge is 2.26. The van der Waals surface area contributed by atoms with E-state index in [0.717, 1.165) is 11.1 Å². The third-order valence-electron chi connectivity index (χ3n) is 3.36. The van der Waals surface area contributed by atoms with Gasteiger partial charge >= 0.3 is 11.8 Å². The predicted octanol–water partition coefficient (Wildman–Crippen LogP) is 3.80. The average molecular weight is 306 g/mol. The molecule has 1 aromatic heterocycles. The summed E-state index contributed by atoms with van der Waals surface area (Å²) in [5.74, 6) is -1.78. The fourth-order valence-electron chi connectivity index (χ4n) is 2.25. The maximum absolute atomic E-state index is 12.2. The topological polar surface area (TPSA) is 56.5 Å². The fourth-order valence-corrected chi connectivity index (χ4v) is 2.25. The second-order valence-electron chi connectivity index (χ2n) is 4.91. The highest BCUT2D eigenvalue weighted by atomic mass is 16.5. The van der Waals surface area contributed by atoms with Crippen molar-refractivity contribution in [3.8, 4) is 0 Å². The molecule has 0 aliphatic heterocycles. The molecule has 4 nitrogen and oxygen atoms in total. The van der Waals surface area contributed by atoms with Crippen molar-refractivity contribution in [2.45, 2.75) is 6.10 Å². The normalized spacial score (nSPS) is 10.5. The van der Waals surface area contributed by atoms with E-state index in [4.69, 9.17) is 9.15 Å². The summed E-state index contributed by atoms with van der Waals surface area (Å²) >= 11 is 0. The minimum atomic E-state index is -0.947. The van der Waals surface area contributed by atoms with Crippen molar-refractivity contribution >= 4 is 11.8 Å². The number of hydrogen-bond acceptors (Lipinski definition) is 4. The molecule has 23 heavy (non-hydrogen) atoms. The molecule has 0 saturated carbocycles. The molecule has 114 valence electrons. The molecule has 0 aliphatic carbocycles. The molecule has 0 bridgehead atoms. The van der Waals surface area contributed by atoms with Crippen molar-refractivity contribution in [1.29, 1.82) is 0 Å². The van der Waals surface area contributed by atoms with Gasteiger partial charge in [-0.05, 0) is 23.3 Å². The van der Waals surface area contributed by atoms with Crippen LogP contribution in [0.3, 0.4) is 0 Å². The van der Waals surface area contributed by atoms with Gasteiger partial charge in [0.2, 0.25) is 0 Å². The van der Waals surface area contributed by atoms with E-state index in [9.17, 15) is 9.59 Å². The zero-order chi connectivity index (χ0) is 16.1. The minimum absolute atomic E-state index is 0.0325. The molecule has 0 spiro atoms. The number of hydrogen-bond donors (Lipinski definition) is 0. The molecule has 0 N–H and O–H groups in total.